The number of hydrogen-bond donors (Lipinski definition) is 1. The molecule has 2 rings (SSSR count). The molecule has 0 aliphatic rings. The van der Waals surface area contributed by atoms with Gasteiger partial charge in [0.05, 0.1) is 7.11 Å². The molecule has 0 saturated heterocycles. The van der Waals surface area contributed by atoms with Crippen LogP contribution in [0.2, 0.25) is 0 Å². The summed E-state index contributed by atoms with van der Waals surface area (Å²) in [5.41, 5.74) is 7.91. The lowest BCUT2D eigenvalue weighted by Crippen LogP contribution is -2.00. The van der Waals surface area contributed by atoms with E-state index < -0.39 is 0 Å². The topological polar surface area (TPSA) is 44.5 Å². The summed E-state index contributed by atoms with van der Waals surface area (Å²) >= 11 is 3.45. The smallest absolute Gasteiger partial charge is 0.169 e. The Morgan fingerprint density at radius 1 is 1.05 bits per heavy atom. The van der Waals surface area contributed by atoms with Crippen molar-refractivity contribution in [2.45, 2.75) is 19.9 Å². The van der Waals surface area contributed by atoms with Crippen LogP contribution in [0.25, 0.3) is 0 Å². The predicted octanol–water partition coefficient (Wildman–Crippen LogP) is 4.27. The minimum absolute atomic E-state index is 0.429. The summed E-state index contributed by atoms with van der Waals surface area (Å²) in [7, 11) is 1.65. The summed E-state index contributed by atoms with van der Waals surface area (Å²) in [6, 6.07) is 11.8. The van der Waals surface area contributed by atoms with Crippen molar-refractivity contribution in [1.29, 1.82) is 0 Å². The number of rotatable bonds is 5. The Bertz CT molecular complexity index is 599. The molecule has 0 bridgehead atoms. The number of hydrogen-bond acceptors (Lipinski definition) is 3. The monoisotopic (exact) mass is 335 g/mol. The first-order valence-electron chi connectivity index (χ1n) is 6.51. The maximum Gasteiger partial charge on any atom is 0.169 e. The zero-order valence-electron chi connectivity index (χ0n) is 11.7. The van der Waals surface area contributed by atoms with Crippen LogP contribution in [0.3, 0.4) is 0 Å². The lowest BCUT2D eigenvalue weighted by atomic mass is 10.1. The third-order valence-corrected chi connectivity index (χ3v) is 3.60. The zero-order valence-corrected chi connectivity index (χ0v) is 13.2. The van der Waals surface area contributed by atoms with Crippen molar-refractivity contribution in [2.24, 2.45) is 5.73 Å². The average molecular weight is 336 g/mol. The maximum atomic E-state index is 5.97. The second-order valence-electron chi connectivity index (χ2n) is 4.40. The predicted molar refractivity (Wildman–Crippen MR) is 84.5 cm³/mol. The summed E-state index contributed by atoms with van der Waals surface area (Å²) in [5, 5.41) is 0. The van der Waals surface area contributed by atoms with Crippen LogP contribution in [0, 0.1) is 0 Å². The van der Waals surface area contributed by atoms with E-state index in [4.69, 9.17) is 15.2 Å². The first-order chi connectivity index (χ1) is 9.67. The molecule has 20 heavy (non-hydrogen) atoms. The second kappa shape index (κ2) is 6.77. The number of halogens is 1. The Hall–Kier alpha value is -1.52. The molecule has 2 N–H and O–H groups in total. The summed E-state index contributed by atoms with van der Waals surface area (Å²) in [6.07, 6.45) is 0.960. The van der Waals surface area contributed by atoms with E-state index in [1.54, 1.807) is 7.11 Å². The Balaban J connectivity index is 2.36. The van der Waals surface area contributed by atoms with Gasteiger partial charge in [0, 0.05) is 16.6 Å². The number of ether oxygens (including phenoxy) is 2. The van der Waals surface area contributed by atoms with Gasteiger partial charge >= 0.3 is 0 Å². The molecular formula is C16H18BrNO2. The van der Waals surface area contributed by atoms with Gasteiger partial charge in [-0.3, -0.25) is 0 Å². The highest BCUT2D eigenvalue weighted by atomic mass is 79.9. The van der Waals surface area contributed by atoms with Gasteiger partial charge in [0.1, 0.15) is 5.75 Å². The number of benzene rings is 2. The van der Waals surface area contributed by atoms with Gasteiger partial charge in [-0.15, -0.1) is 0 Å². The van der Waals surface area contributed by atoms with Crippen LogP contribution in [0.4, 0.5) is 0 Å². The lowest BCUT2D eigenvalue weighted by Gasteiger charge is -2.14. The van der Waals surface area contributed by atoms with E-state index >= 15 is 0 Å². The van der Waals surface area contributed by atoms with Crippen molar-refractivity contribution >= 4 is 15.9 Å². The fourth-order valence-electron chi connectivity index (χ4n) is 1.93. The molecule has 0 unspecified atom stereocenters. The Morgan fingerprint density at radius 2 is 1.85 bits per heavy atom. The minimum atomic E-state index is 0.429. The standard InChI is InChI=1S/C16H18BrNO2/c1-3-11-4-7-14(16(8-11)19-2)20-15-9-13(17)6-5-12(15)10-18/h4-9H,3,10,18H2,1-2H3. The van der Waals surface area contributed by atoms with E-state index in [1.165, 1.54) is 5.56 Å². The highest BCUT2D eigenvalue weighted by Gasteiger charge is 2.10. The average Bonchev–Trinajstić information content (AvgIpc) is 2.48. The number of aryl methyl sites for hydroxylation is 1. The third-order valence-electron chi connectivity index (χ3n) is 3.11. The van der Waals surface area contributed by atoms with Crippen LogP contribution in [-0.2, 0) is 13.0 Å². The van der Waals surface area contributed by atoms with Crippen LogP contribution in [0.5, 0.6) is 17.2 Å². The zero-order chi connectivity index (χ0) is 14.5. The van der Waals surface area contributed by atoms with Gasteiger partial charge in [-0.05, 0) is 36.2 Å². The Morgan fingerprint density at radius 3 is 2.50 bits per heavy atom. The van der Waals surface area contributed by atoms with E-state index in [0.29, 0.717) is 12.3 Å². The minimum Gasteiger partial charge on any atom is -0.493 e. The highest BCUT2D eigenvalue weighted by Crippen LogP contribution is 2.35. The molecular weight excluding hydrogens is 318 g/mol. The molecule has 0 spiro atoms. The van der Waals surface area contributed by atoms with Crippen molar-refractivity contribution < 1.29 is 9.47 Å². The van der Waals surface area contributed by atoms with Crippen molar-refractivity contribution in [3.63, 3.8) is 0 Å². The van der Waals surface area contributed by atoms with Crippen molar-refractivity contribution in [2.75, 3.05) is 7.11 Å². The van der Waals surface area contributed by atoms with Crippen LogP contribution in [0.1, 0.15) is 18.1 Å². The fourth-order valence-corrected chi connectivity index (χ4v) is 2.27. The fraction of sp³-hybridized carbons (Fsp3) is 0.250. The van der Waals surface area contributed by atoms with Crippen molar-refractivity contribution in [1.82, 2.24) is 0 Å². The molecule has 106 valence electrons. The lowest BCUT2D eigenvalue weighted by molar-refractivity contribution is 0.377. The summed E-state index contributed by atoms with van der Waals surface area (Å²) in [5.74, 6) is 2.16. The molecule has 2 aromatic rings. The Kier molecular flexibility index (Phi) is 5.04. The molecule has 3 nitrogen and oxygen atoms in total. The normalized spacial score (nSPS) is 10.4. The molecule has 4 heteroatoms. The van der Waals surface area contributed by atoms with E-state index in [2.05, 4.69) is 22.9 Å². The van der Waals surface area contributed by atoms with Crippen molar-refractivity contribution in [3.05, 3.63) is 52.0 Å². The molecule has 2 aromatic carbocycles. The van der Waals surface area contributed by atoms with Gasteiger partial charge in [-0.1, -0.05) is 35.0 Å². The van der Waals surface area contributed by atoms with Gasteiger partial charge in [-0.25, -0.2) is 0 Å². The summed E-state index contributed by atoms with van der Waals surface area (Å²) < 4.78 is 12.3. The van der Waals surface area contributed by atoms with Crippen LogP contribution in [0.15, 0.2) is 40.9 Å². The molecule has 0 aliphatic carbocycles. The first kappa shape index (κ1) is 14.9. The van der Waals surface area contributed by atoms with Gasteiger partial charge in [-0.2, -0.15) is 0 Å². The van der Waals surface area contributed by atoms with Crippen LogP contribution in [-0.4, -0.2) is 7.11 Å². The maximum absolute atomic E-state index is 5.97. The molecule has 0 heterocycles. The number of nitrogens with two attached hydrogens (primary N) is 1. The summed E-state index contributed by atoms with van der Waals surface area (Å²) in [4.78, 5) is 0. The van der Waals surface area contributed by atoms with E-state index in [0.717, 1.165) is 28.0 Å². The van der Waals surface area contributed by atoms with E-state index in [-0.39, 0.29) is 0 Å². The van der Waals surface area contributed by atoms with Crippen LogP contribution < -0.4 is 15.2 Å². The van der Waals surface area contributed by atoms with E-state index in [9.17, 15) is 0 Å². The first-order valence-corrected chi connectivity index (χ1v) is 7.30. The van der Waals surface area contributed by atoms with Crippen LogP contribution >= 0.6 is 15.9 Å². The van der Waals surface area contributed by atoms with Gasteiger partial charge in [0.25, 0.3) is 0 Å². The third kappa shape index (κ3) is 3.32. The molecule has 0 aliphatic heterocycles. The van der Waals surface area contributed by atoms with E-state index in [1.807, 2.05) is 36.4 Å². The quantitative estimate of drug-likeness (QED) is 0.887. The SMILES string of the molecule is CCc1ccc(Oc2cc(Br)ccc2CN)c(OC)c1. The molecule has 0 atom stereocenters. The van der Waals surface area contributed by atoms with Gasteiger partial charge in [0.2, 0.25) is 0 Å². The Labute approximate surface area is 127 Å². The molecule has 0 aromatic heterocycles. The second-order valence-corrected chi connectivity index (χ2v) is 5.31. The van der Waals surface area contributed by atoms with Crippen molar-refractivity contribution in [3.8, 4) is 17.2 Å². The molecule has 0 fully saturated rings. The van der Waals surface area contributed by atoms with Gasteiger partial charge < -0.3 is 15.2 Å². The molecule has 0 saturated carbocycles. The van der Waals surface area contributed by atoms with Gasteiger partial charge in [0.15, 0.2) is 11.5 Å². The number of methoxy groups -OCH3 is 1. The largest absolute Gasteiger partial charge is 0.493 e. The molecule has 0 radical (unpaired) electrons. The molecule has 0 amide bonds. The highest BCUT2D eigenvalue weighted by molar-refractivity contribution is 9.10. The summed E-state index contributed by atoms with van der Waals surface area (Å²) in [6.45, 7) is 2.54.